The van der Waals surface area contributed by atoms with Gasteiger partial charge in [0.05, 0.1) is 10.2 Å². The predicted molar refractivity (Wildman–Crippen MR) is 79.5 cm³/mol. The average molecular weight is 277 g/mol. The molecule has 1 aromatic heterocycles. The number of likely N-dealkylation sites (tertiary alicyclic amines) is 1. The largest absolute Gasteiger partial charge is 0.330 e. The highest BCUT2D eigenvalue weighted by atomic mass is 32.1. The van der Waals surface area contributed by atoms with Crippen molar-refractivity contribution >= 4 is 21.6 Å². The molecule has 1 unspecified atom stereocenters. The molecule has 102 valence electrons. The van der Waals surface area contributed by atoms with E-state index in [1.54, 1.807) is 4.57 Å². The SMILES string of the molecule is Cn1c(=O)sc2cc(CN3CCC(CN)C3)ccc21. The molecule has 0 spiro atoms. The summed E-state index contributed by atoms with van der Waals surface area (Å²) in [4.78, 5) is 14.2. The van der Waals surface area contributed by atoms with Gasteiger partial charge in [0, 0.05) is 20.1 Å². The molecule has 4 nitrogen and oxygen atoms in total. The summed E-state index contributed by atoms with van der Waals surface area (Å²) in [6, 6.07) is 6.33. The Morgan fingerprint density at radius 1 is 1.47 bits per heavy atom. The maximum Gasteiger partial charge on any atom is 0.307 e. The number of nitrogens with two attached hydrogens (primary N) is 1. The van der Waals surface area contributed by atoms with Crippen LogP contribution in [0.4, 0.5) is 0 Å². The van der Waals surface area contributed by atoms with E-state index in [0.29, 0.717) is 5.92 Å². The summed E-state index contributed by atoms with van der Waals surface area (Å²) in [6.07, 6.45) is 1.21. The molecule has 1 fully saturated rings. The standard InChI is InChI=1S/C14H19N3OS/c1-16-12-3-2-10(6-13(12)19-14(16)18)8-17-5-4-11(7-15)9-17/h2-3,6,11H,4-5,7-9,15H2,1H3. The van der Waals surface area contributed by atoms with Gasteiger partial charge in [-0.1, -0.05) is 17.4 Å². The van der Waals surface area contributed by atoms with E-state index in [1.165, 1.54) is 23.3 Å². The van der Waals surface area contributed by atoms with Crippen LogP contribution in [0.3, 0.4) is 0 Å². The van der Waals surface area contributed by atoms with Gasteiger partial charge in [0.25, 0.3) is 0 Å². The summed E-state index contributed by atoms with van der Waals surface area (Å²) < 4.78 is 2.80. The van der Waals surface area contributed by atoms with Crippen LogP contribution in [0.1, 0.15) is 12.0 Å². The Labute approximate surface area is 116 Å². The molecule has 1 aliphatic rings. The van der Waals surface area contributed by atoms with Crippen molar-refractivity contribution in [2.75, 3.05) is 19.6 Å². The highest BCUT2D eigenvalue weighted by Gasteiger charge is 2.21. The predicted octanol–water partition coefficient (Wildman–Crippen LogP) is 1.38. The van der Waals surface area contributed by atoms with Crippen LogP contribution in [0.25, 0.3) is 10.2 Å². The number of hydrogen-bond acceptors (Lipinski definition) is 4. The van der Waals surface area contributed by atoms with Crippen LogP contribution in [0, 0.1) is 5.92 Å². The van der Waals surface area contributed by atoms with E-state index >= 15 is 0 Å². The number of aryl methyl sites for hydroxylation is 1. The maximum absolute atomic E-state index is 11.6. The van der Waals surface area contributed by atoms with Crippen molar-refractivity contribution in [1.29, 1.82) is 0 Å². The average Bonchev–Trinajstić information content (AvgIpc) is 2.96. The molecule has 0 aliphatic carbocycles. The summed E-state index contributed by atoms with van der Waals surface area (Å²) in [5.74, 6) is 0.650. The molecule has 0 bridgehead atoms. The van der Waals surface area contributed by atoms with Gasteiger partial charge in [-0.2, -0.15) is 0 Å². The van der Waals surface area contributed by atoms with Crippen LogP contribution in [0.5, 0.6) is 0 Å². The summed E-state index contributed by atoms with van der Waals surface area (Å²) in [6.45, 7) is 3.97. The van der Waals surface area contributed by atoms with Crippen LogP contribution in [0.2, 0.25) is 0 Å². The molecule has 2 heterocycles. The van der Waals surface area contributed by atoms with Crippen LogP contribution >= 0.6 is 11.3 Å². The molecule has 1 saturated heterocycles. The topological polar surface area (TPSA) is 51.3 Å². The number of fused-ring (bicyclic) bond motifs is 1. The Balaban J connectivity index is 1.80. The lowest BCUT2D eigenvalue weighted by Gasteiger charge is -2.15. The van der Waals surface area contributed by atoms with Gasteiger partial charge >= 0.3 is 4.87 Å². The van der Waals surface area contributed by atoms with E-state index in [2.05, 4.69) is 23.1 Å². The van der Waals surface area contributed by atoms with Gasteiger partial charge in [0.2, 0.25) is 0 Å². The number of benzene rings is 1. The van der Waals surface area contributed by atoms with Crippen molar-refractivity contribution < 1.29 is 0 Å². The van der Waals surface area contributed by atoms with Crippen molar-refractivity contribution in [2.45, 2.75) is 13.0 Å². The first kappa shape index (κ1) is 12.8. The molecule has 0 amide bonds. The quantitative estimate of drug-likeness (QED) is 0.922. The number of rotatable bonds is 3. The van der Waals surface area contributed by atoms with E-state index in [9.17, 15) is 4.79 Å². The van der Waals surface area contributed by atoms with Crippen molar-refractivity contribution in [3.05, 3.63) is 33.4 Å². The van der Waals surface area contributed by atoms with Gasteiger partial charge in [-0.15, -0.1) is 0 Å². The molecule has 1 aliphatic heterocycles. The Morgan fingerprint density at radius 2 is 2.32 bits per heavy atom. The summed E-state index contributed by atoms with van der Waals surface area (Å²) in [5.41, 5.74) is 8.03. The molecule has 1 aromatic carbocycles. The maximum atomic E-state index is 11.6. The van der Waals surface area contributed by atoms with E-state index < -0.39 is 0 Å². The lowest BCUT2D eigenvalue weighted by atomic mass is 10.1. The number of aromatic nitrogens is 1. The van der Waals surface area contributed by atoms with Crippen LogP contribution < -0.4 is 10.6 Å². The van der Waals surface area contributed by atoms with E-state index in [4.69, 9.17) is 5.73 Å². The fourth-order valence-corrected chi connectivity index (χ4v) is 3.73. The second-order valence-electron chi connectivity index (χ2n) is 5.35. The third kappa shape index (κ3) is 2.45. The fraction of sp³-hybridized carbons (Fsp3) is 0.500. The van der Waals surface area contributed by atoms with Crippen LogP contribution in [0.15, 0.2) is 23.0 Å². The molecule has 0 saturated carbocycles. The van der Waals surface area contributed by atoms with E-state index in [0.717, 1.165) is 36.4 Å². The molecule has 2 N–H and O–H groups in total. The van der Waals surface area contributed by atoms with Gasteiger partial charge < -0.3 is 10.3 Å². The van der Waals surface area contributed by atoms with Crippen LogP contribution in [-0.2, 0) is 13.6 Å². The highest BCUT2D eigenvalue weighted by molar-refractivity contribution is 7.16. The summed E-state index contributed by atoms with van der Waals surface area (Å²) in [5, 5.41) is 0. The third-order valence-electron chi connectivity index (χ3n) is 3.97. The van der Waals surface area contributed by atoms with Gasteiger partial charge in [-0.3, -0.25) is 9.69 Å². The molecular weight excluding hydrogens is 258 g/mol. The van der Waals surface area contributed by atoms with Crippen molar-refractivity contribution in [1.82, 2.24) is 9.47 Å². The molecule has 5 heteroatoms. The van der Waals surface area contributed by atoms with E-state index in [-0.39, 0.29) is 4.87 Å². The van der Waals surface area contributed by atoms with Crippen LogP contribution in [-0.4, -0.2) is 29.1 Å². The van der Waals surface area contributed by atoms with Crippen molar-refractivity contribution in [3.8, 4) is 0 Å². The zero-order valence-electron chi connectivity index (χ0n) is 11.1. The molecule has 3 rings (SSSR count). The first-order valence-corrected chi connectivity index (χ1v) is 7.50. The lowest BCUT2D eigenvalue weighted by molar-refractivity contribution is 0.318. The number of hydrogen-bond donors (Lipinski definition) is 1. The normalized spacial score (nSPS) is 20.4. The molecular formula is C14H19N3OS. The van der Waals surface area contributed by atoms with Gasteiger partial charge in [-0.05, 0) is 43.1 Å². The summed E-state index contributed by atoms with van der Waals surface area (Å²) in [7, 11) is 1.83. The van der Waals surface area contributed by atoms with Gasteiger partial charge in [-0.25, -0.2) is 0 Å². The first-order chi connectivity index (χ1) is 9.17. The highest BCUT2D eigenvalue weighted by Crippen LogP contribution is 2.22. The van der Waals surface area contributed by atoms with Crippen molar-refractivity contribution in [3.63, 3.8) is 0 Å². The molecule has 19 heavy (non-hydrogen) atoms. The van der Waals surface area contributed by atoms with E-state index in [1.807, 2.05) is 7.05 Å². The number of thiazole rings is 1. The molecule has 2 aromatic rings. The Bertz CT molecular complexity index is 646. The second-order valence-corrected chi connectivity index (χ2v) is 6.35. The Hall–Kier alpha value is -1.17. The zero-order chi connectivity index (χ0) is 13.4. The monoisotopic (exact) mass is 277 g/mol. The number of nitrogens with zero attached hydrogens (tertiary/aromatic N) is 2. The van der Waals surface area contributed by atoms with Gasteiger partial charge in [0.1, 0.15) is 0 Å². The smallest absolute Gasteiger partial charge is 0.307 e. The molecule has 0 radical (unpaired) electrons. The van der Waals surface area contributed by atoms with Gasteiger partial charge in [0.15, 0.2) is 0 Å². The minimum atomic E-state index is 0.108. The Kier molecular flexibility index (Phi) is 3.43. The minimum Gasteiger partial charge on any atom is -0.330 e. The first-order valence-electron chi connectivity index (χ1n) is 6.68. The van der Waals surface area contributed by atoms with Crippen molar-refractivity contribution in [2.24, 2.45) is 18.7 Å². The molecule has 1 atom stereocenters. The third-order valence-corrected chi connectivity index (χ3v) is 4.96. The Morgan fingerprint density at radius 3 is 3.05 bits per heavy atom. The minimum absolute atomic E-state index is 0.108. The second kappa shape index (κ2) is 5.07. The zero-order valence-corrected chi connectivity index (χ0v) is 11.9. The summed E-state index contributed by atoms with van der Waals surface area (Å²) >= 11 is 1.32. The lowest BCUT2D eigenvalue weighted by Crippen LogP contribution is -2.22. The fourth-order valence-electron chi connectivity index (χ4n) is 2.78.